The van der Waals surface area contributed by atoms with Crippen molar-refractivity contribution in [3.05, 3.63) is 23.8 Å². The highest BCUT2D eigenvalue weighted by atomic mass is 19.4. The predicted molar refractivity (Wildman–Crippen MR) is 68.7 cm³/mol. The van der Waals surface area contributed by atoms with Gasteiger partial charge in [-0.25, -0.2) is 0 Å². The maximum atomic E-state index is 12.8. The van der Waals surface area contributed by atoms with E-state index < -0.39 is 12.1 Å². The molecule has 2 rings (SSSR count). The number of benzene rings is 1. The molecular weight excluding hydrogens is 271 g/mol. The number of nitrogens with zero attached hydrogens (tertiary/aromatic N) is 1. The van der Waals surface area contributed by atoms with Gasteiger partial charge < -0.3 is 9.84 Å². The highest BCUT2D eigenvalue weighted by molar-refractivity contribution is 5.45. The summed E-state index contributed by atoms with van der Waals surface area (Å²) in [5, 5.41) is 9.97. The van der Waals surface area contributed by atoms with Crippen LogP contribution in [0.3, 0.4) is 0 Å². The highest BCUT2D eigenvalue weighted by Gasteiger charge is 2.41. The second-order valence-electron chi connectivity index (χ2n) is 5.08. The van der Waals surface area contributed by atoms with Crippen molar-refractivity contribution >= 4 is 0 Å². The number of piperidine rings is 1. The number of rotatable bonds is 3. The smallest absolute Gasteiger partial charge is 0.393 e. The van der Waals surface area contributed by atoms with Crippen LogP contribution in [0.2, 0.25) is 0 Å². The van der Waals surface area contributed by atoms with Crippen LogP contribution in [0, 0.1) is 5.92 Å². The lowest BCUT2D eigenvalue weighted by Crippen LogP contribution is -2.41. The first-order chi connectivity index (χ1) is 9.41. The van der Waals surface area contributed by atoms with Crippen LogP contribution in [-0.2, 0) is 6.54 Å². The zero-order valence-corrected chi connectivity index (χ0v) is 11.3. The molecule has 1 aliphatic rings. The topological polar surface area (TPSA) is 32.7 Å². The maximum absolute atomic E-state index is 12.8. The van der Waals surface area contributed by atoms with E-state index in [1.807, 2.05) is 0 Å². The van der Waals surface area contributed by atoms with Crippen molar-refractivity contribution in [3.63, 3.8) is 0 Å². The third kappa shape index (κ3) is 3.36. The first kappa shape index (κ1) is 15.0. The molecule has 0 spiro atoms. The maximum Gasteiger partial charge on any atom is 0.393 e. The number of aromatic hydroxyl groups is 1. The molecule has 6 heteroatoms. The molecule has 20 heavy (non-hydrogen) atoms. The lowest BCUT2D eigenvalue weighted by atomic mass is 9.97. The molecule has 0 aliphatic carbocycles. The Bertz CT molecular complexity index is 462. The van der Waals surface area contributed by atoms with Crippen molar-refractivity contribution in [1.82, 2.24) is 4.90 Å². The Morgan fingerprint density at radius 3 is 2.80 bits per heavy atom. The van der Waals surface area contributed by atoms with Crippen LogP contribution < -0.4 is 4.74 Å². The molecule has 1 unspecified atom stereocenters. The van der Waals surface area contributed by atoms with Gasteiger partial charge in [-0.15, -0.1) is 0 Å². The largest absolute Gasteiger partial charge is 0.504 e. The number of phenols is 1. The van der Waals surface area contributed by atoms with E-state index in [-0.39, 0.29) is 18.7 Å². The van der Waals surface area contributed by atoms with Crippen molar-refractivity contribution in [1.29, 1.82) is 0 Å². The quantitative estimate of drug-likeness (QED) is 0.927. The number of hydrogen-bond acceptors (Lipinski definition) is 3. The number of phenolic OH excluding ortho intramolecular Hbond substituents is 1. The van der Waals surface area contributed by atoms with Gasteiger partial charge in [0, 0.05) is 18.7 Å². The van der Waals surface area contributed by atoms with Crippen LogP contribution in [-0.4, -0.2) is 36.4 Å². The van der Waals surface area contributed by atoms with Gasteiger partial charge in [0.1, 0.15) is 0 Å². The number of para-hydroxylation sites is 1. The fraction of sp³-hybridized carbons (Fsp3) is 0.571. The summed E-state index contributed by atoms with van der Waals surface area (Å²) in [6, 6.07) is 5.04. The van der Waals surface area contributed by atoms with Gasteiger partial charge in [-0.05, 0) is 25.5 Å². The number of ether oxygens (including phenoxy) is 1. The lowest BCUT2D eigenvalue weighted by Gasteiger charge is -2.33. The summed E-state index contributed by atoms with van der Waals surface area (Å²) in [4.78, 5) is 1.73. The molecule has 3 nitrogen and oxygen atoms in total. The second kappa shape index (κ2) is 5.91. The summed E-state index contributed by atoms with van der Waals surface area (Å²) in [5.74, 6) is -0.931. The Morgan fingerprint density at radius 2 is 2.15 bits per heavy atom. The Kier molecular flexibility index (Phi) is 4.42. The number of likely N-dealkylation sites (tertiary alicyclic amines) is 1. The van der Waals surface area contributed by atoms with E-state index in [0.29, 0.717) is 30.8 Å². The molecule has 1 aliphatic heterocycles. The molecule has 1 aromatic carbocycles. The average molecular weight is 289 g/mol. The molecule has 0 amide bonds. The van der Waals surface area contributed by atoms with Gasteiger partial charge in [0.2, 0.25) is 0 Å². The summed E-state index contributed by atoms with van der Waals surface area (Å²) < 4.78 is 43.3. The van der Waals surface area contributed by atoms with Gasteiger partial charge in [0.05, 0.1) is 13.0 Å². The van der Waals surface area contributed by atoms with Crippen molar-refractivity contribution in [2.45, 2.75) is 25.6 Å². The molecule has 0 saturated carbocycles. The molecule has 112 valence electrons. The van der Waals surface area contributed by atoms with Gasteiger partial charge >= 0.3 is 6.18 Å². The monoisotopic (exact) mass is 289 g/mol. The van der Waals surface area contributed by atoms with E-state index >= 15 is 0 Å². The summed E-state index contributed by atoms with van der Waals surface area (Å²) in [5.41, 5.74) is 0.590. The predicted octanol–water partition coefficient (Wildman–Crippen LogP) is 3.18. The molecule has 0 bridgehead atoms. The normalized spacial score (nSPS) is 20.9. The van der Waals surface area contributed by atoms with Crippen LogP contribution in [0.4, 0.5) is 13.2 Å². The molecule has 1 fully saturated rings. The Balaban J connectivity index is 2.07. The summed E-state index contributed by atoms with van der Waals surface area (Å²) in [7, 11) is 1.44. The fourth-order valence-corrected chi connectivity index (χ4v) is 2.57. The fourth-order valence-electron chi connectivity index (χ4n) is 2.57. The first-order valence-electron chi connectivity index (χ1n) is 6.55. The first-order valence-corrected chi connectivity index (χ1v) is 6.55. The van der Waals surface area contributed by atoms with Crippen LogP contribution >= 0.6 is 0 Å². The molecule has 1 heterocycles. The molecule has 1 atom stereocenters. The highest BCUT2D eigenvalue weighted by Crippen LogP contribution is 2.35. The van der Waals surface area contributed by atoms with Crippen LogP contribution in [0.15, 0.2) is 18.2 Å². The zero-order chi connectivity index (χ0) is 14.8. The second-order valence-corrected chi connectivity index (χ2v) is 5.08. The van der Waals surface area contributed by atoms with E-state index in [9.17, 15) is 18.3 Å². The standard InChI is InChI=1S/C14H18F3NO2/c1-20-12-6-2-4-10(13(12)19)8-18-7-3-5-11(9-18)14(15,16)17/h2,4,6,11,19H,3,5,7-9H2,1H3. The van der Waals surface area contributed by atoms with Gasteiger partial charge in [0.25, 0.3) is 0 Å². The van der Waals surface area contributed by atoms with E-state index in [1.165, 1.54) is 7.11 Å². The molecule has 0 radical (unpaired) electrons. The van der Waals surface area contributed by atoms with E-state index in [0.717, 1.165) is 0 Å². The number of halogens is 3. The third-order valence-electron chi connectivity index (χ3n) is 3.66. The summed E-state index contributed by atoms with van der Waals surface area (Å²) in [6.45, 7) is 0.902. The van der Waals surface area contributed by atoms with Crippen molar-refractivity contribution < 1.29 is 23.0 Å². The van der Waals surface area contributed by atoms with E-state index in [2.05, 4.69) is 0 Å². The molecule has 1 saturated heterocycles. The van der Waals surface area contributed by atoms with E-state index in [1.54, 1.807) is 23.1 Å². The van der Waals surface area contributed by atoms with Gasteiger partial charge in [0.15, 0.2) is 11.5 Å². The van der Waals surface area contributed by atoms with Gasteiger partial charge in [-0.3, -0.25) is 4.90 Å². The number of alkyl halides is 3. The van der Waals surface area contributed by atoms with Crippen LogP contribution in [0.1, 0.15) is 18.4 Å². The number of hydrogen-bond donors (Lipinski definition) is 1. The van der Waals surface area contributed by atoms with Crippen LogP contribution in [0.25, 0.3) is 0 Å². The average Bonchev–Trinajstić information content (AvgIpc) is 2.40. The van der Waals surface area contributed by atoms with Gasteiger partial charge in [-0.1, -0.05) is 12.1 Å². The molecular formula is C14H18F3NO2. The zero-order valence-electron chi connectivity index (χ0n) is 11.3. The minimum Gasteiger partial charge on any atom is -0.504 e. The molecule has 1 N–H and O–H groups in total. The molecule has 1 aromatic rings. The molecule has 0 aromatic heterocycles. The van der Waals surface area contributed by atoms with Crippen molar-refractivity contribution in [3.8, 4) is 11.5 Å². The van der Waals surface area contributed by atoms with Gasteiger partial charge in [-0.2, -0.15) is 13.2 Å². The number of methoxy groups -OCH3 is 1. The van der Waals surface area contributed by atoms with Crippen molar-refractivity contribution in [2.75, 3.05) is 20.2 Å². The SMILES string of the molecule is COc1cccc(CN2CCCC(C(F)(F)F)C2)c1O. The summed E-state index contributed by atoms with van der Waals surface area (Å²) in [6.07, 6.45) is -3.44. The van der Waals surface area contributed by atoms with E-state index in [4.69, 9.17) is 4.74 Å². The minimum atomic E-state index is -4.14. The lowest BCUT2D eigenvalue weighted by molar-refractivity contribution is -0.187. The summed E-state index contributed by atoms with van der Waals surface area (Å²) >= 11 is 0. The Morgan fingerprint density at radius 1 is 1.40 bits per heavy atom. The minimum absolute atomic E-state index is 0.00383. The Labute approximate surface area is 116 Å². The Hall–Kier alpha value is -1.43. The van der Waals surface area contributed by atoms with Crippen LogP contribution in [0.5, 0.6) is 11.5 Å². The van der Waals surface area contributed by atoms with Crippen molar-refractivity contribution in [2.24, 2.45) is 5.92 Å². The third-order valence-corrected chi connectivity index (χ3v) is 3.66.